The van der Waals surface area contributed by atoms with Gasteiger partial charge in [0.1, 0.15) is 11.8 Å². The number of ether oxygens (including phenoxy) is 2. The Bertz CT molecular complexity index is 727. The Morgan fingerprint density at radius 3 is 2.40 bits per heavy atom. The van der Waals surface area contributed by atoms with Crippen LogP contribution < -0.4 is 4.74 Å². The summed E-state index contributed by atoms with van der Waals surface area (Å²) < 4.78 is 10.3. The number of benzene rings is 2. The van der Waals surface area contributed by atoms with Crippen LogP contribution in [0, 0.1) is 0 Å². The van der Waals surface area contributed by atoms with E-state index in [0.29, 0.717) is 18.7 Å². The van der Waals surface area contributed by atoms with Crippen LogP contribution in [0.2, 0.25) is 0 Å². The molecule has 1 heterocycles. The van der Waals surface area contributed by atoms with Crippen molar-refractivity contribution < 1.29 is 19.1 Å². The normalized spacial score (nSPS) is 16.5. The SMILES string of the molecule is COC(=O)[C@@H]1CCCN1C(=O)COc1ccc(-c2ccccc2)cc1. The highest BCUT2D eigenvalue weighted by atomic mass is 16.5. The Morgan fingerprint density at radius 2 is 1.72 bits per heavy atom. The number of nitrogens with zero attached hydrogens (tertiary/aromatic N) is 1. The first kappa shape index (κ1) is 17.0. The van der Waals surface area contributed by atoms with Crippen molar-refractivity contribution >= 4 is 11.9 Å². The zero-order valence-electron chi connectivity index (χ0n) is 14.2. The second kappa shape index (κ2) is 7.83. The number of amides is 1. The maximum atomic E-state index is 12.3. The van der Waals surface area contributed by atoms with Crippen LogP contribution in [0.25, 0.3) is 11.1 Å². The predicted octanol–water partition coefficient (Wildman–Crippen LogP) is 2.90. The van der Waals surface area contributed by atoms with Crippen LogP contribution in [-0.4, -0.2) is 43.1 Å². The lowest BCUT2D eigenvalue weighted by atomic mass is 10.1. The van der Waals surface area contributed by atoms with E-state index < -0.39 is 6.04 Å². The Morgan fingerprint density at radius 1 is 1.04 bits per heavy atom. The molecule has 2 aromatic carbocycles. The summed E-state index contributed by atoms with van der Waals surface area (Å²) in [7, 11) is 1.34. The highest BCUT2D eigenvalue weighted by Crippen LogP contribution is 2.23. The van der Waals surface area contributed by atoms with Gasteiger partial charge < -0.3 is 14.4 Å². The fraction of sp³-hybridized carbons (Fsp3) is 0.300. The van der Waals surface area contributed by atoms with Crippen LogP contribution in [0.3, 0.4) is 0 Å². The van der Waals surface area contributed by atoms with Crippen LogP contribution in [-0.2, 0) is 14.3 Å². The summed E-state index contributed by atoms with van der Waals surface area (Å²) in [6.45, 7) is 0.479. The highest BCUT2D eigenvalue weighted by molar-refractivity contribution is 5.86. The summed E-state index contributed by atoms with van der Waals surface area (Å²) in [6, 6.07) is 17.2. The fourth-order valence-electron chi connectivity index (χ4n) is 3.05. The zero-order valence-corrected chi connectivity index (χ0v) is 14.2. The molecular weight excluding hydrogens is 318 g/mol. The average molecular weight is 339 g/mol. The second-order valence-electron chi connectivity index (χ2n) is 5.95. The van der Waals surface area contributed by atoms with Crippen LogP contribution in [0.15, 0.2) is 54.6 Å². The van der Waals surface area contributed by atoms with Gasteiger partial charge in [-0.3, -0.25) is 4.79 Å². The van der Waals surface area contributed by atoms with E-state index in [9.17, 15) is 9.59 Å². The molecule has 0 radical (unpaired) electrons. The van der Waals surface area contributed by atoms with Gasteiger partial charge >= 0.3 is 5.97 Å². The Hall–Kier alpha value is -2.82. The molecule has 0 spiro atoms. The van der Waals surface area contributed by atoms with E-state index in [1.807, 2.05) is 54.6 Å². The third kappa shape index (κ3) is 3.99. The maximum Gasteiger partial charge on any atom is 0.328 e. The molecule has 1 amide bonds. The third-order valence-electron chi connectivity index (χ3n) is 4.37. The van der Waals surface area contributed by atoms with Gasteiger partial charge in [0.15, 0.2) is 6.61 Å². The minimum absolute atomic E-state index is 0.0851. The lowest BCUT2D eigenvalue weighted by molar-refractivity contribution is -0.151. The predicted molar refractivity (Wildman–Crippen MR) is 94.1 cm³/mol. The summed E-state index contributed by atoms with van der Waals surface area (Å²) in [6.07, 6.45) is 1.45. The first-order valence-corrected chi connectivity index (χ1v) is 8.34. The molecule has 1 aliphatic rings. The number of carbonyl (C=O) groups is 2. The number of hydrogen-bond acceptors (Lipinski definition) is 4. The molecule has 1 atom stereocenters. The molecule has 5 heteroatoms. The third-order valence-corrected chi connectivity index (χ3v) is 4.37. The van der Waals surface area contributed by atoms with Crippen molar-refractivity contribution in [2.45, 2.75) is 18.9 Å². The van der Waals surface area contributed by atoms with Gasteiger partial charge in [-0.05, 0) is 36.1 Å². The van der Waals surface area contributed by atoms with Gasteiger partial charge in [-0.1, -0.05) is 42.5 Å². The molecule has 25 heavy (non-hydrogen) atoms. The van der Waals surface area contributed by atoms with E-state index in [1.165, 1.54) is 7.11 Å². The number of methoxy groups -OCH3 is 1. The smallest absolute Gasteiger partial charge is 0.328 e. The molecule has 1 saturated heterocycles. The van der Waals surface area contributed by atoms with Crippen LogP contribution in [0.1, 0.15) is 12.8 Å². The van der Waals surface area contributed by atoms with Crippen molar-refractivity contribution in [1.82, 2.24) is 4.90 Å². The largest absolute Gasteiger partial charge is 0.484 e. The van der Waals surface area contributed by atoms with Gasteiger partial charge in [0, 0.05) is 6.54 Å². The van der Waals surface area contributed by atoms with Gasteiger partial charge in [0.2, 0.25) is 0 Å². The number of hydrogen-bond donors (Lipinski definition) is 0. The molecule has 0 aromatic heterocycles. The molecule has 5 nitrogen and oxygen atoms in total. The van der Waals surface area contributed by atoms with Crippen molar-refractivity contribution in [2.75, 3.05) is 20.3 Å². The van der Waals surface area contributed by atoms with Crippen molar-refractivity contribution in [3.8, 4) is 16.9 Å². The zero-order chi connectivity index (χ0) is 17.6. The number of likely N-dealkylation sites (tertiary alicyclic amines) is 1. The van der Waals surface area contributed by atoms with Crippen molar-refractivity contribution in [2.24, 2.45) is 0 Å². The lowest BCUT2D eigenvalue weighted by Gasteiger charge is -2.22. The first-order valence-electron chi connectivity index (χ1n) is 8.34. The Kier molecular flexibility index (Phi) is 5.33. The summed E-state index contributed by atoms with van der Waals surface area (Å²) >= 11 is 0. The van der Waals surface area contributed by atoms with Crippen LogP contribution >= 0.6 is 0 Å². The van der Waals surface area contributed by atoms with E-state index in [1.54, 1.807) is 4.90 Å². The van der Waals surface area contributed by atoms with Gasteiger partial charge in [-0.2, -0.15) is 0 Å². The summed E-state index contributed by atoms with van der Waals surface area (Å²) in [5.41, 5.74) is 2.22. The molecule has 0 N–H and O–H groups in total. The van der Waals surface area contributed by atoms with Crippen molar-refractivity contribution in [3.05, 3.63) is 54.6 Å². The van der Waals surface area contributed by atoms with E-state index in [-0.39, 0.29) is 18.5 Å². The molecule has 3 rings (SSSR count). The van der Waals surface area contributed by atoms with Crippen LogP contribution in [0.5, 0.6) is 5.75 Å². The highest BCUT2D eigenvalue weighted by Gasteiger charge is 2.34. The van der Waals surface area contributed by atoms with E-state index in [2.05, 4.69) is 0 Å². The number of esters is 1. The molecular formula is C20H21NO4. The minimum Gasteiger partial charge on any atom is -0.484 e. The summed E-state index contributed by atoms with van der Waals surface area (Å²) in [5.74, 6) is 0.0694. The molecule has 2 aromatic rings. The van der Waals surface area contributed by atoms with E-state index in [4.69, 9.17) is 9.47 Å². The van der Waals surface area contributed by atoms with Gasteiger partial charge in [-0.15, -0.1) is 0 Å². The van der Waals surface area contributed by atoms with Crippen LogP contribution in [0.4, 0.5) is 0 Å². The monoisotopic (exact) mass is 339 g/mol. The number of carbonyl (C=O) groups excluding carboxylic acids is 2. The summed E-state index contributed by atoms with van der Waals surface area (Å²) in [5, 5.41) is 0. The quantitative estimate of drug-likeness (QED) is 0.786. The Balaban J connectivity index is 1.58. The minimum atomic E-state index is -0.485. The van der Waals surface area contributed by atoms with E-state index >= 15 is 0 Å². The van der Waals surface area contributed by atoms with Gasteiger partial charge in [0.25, 0.3) is 5.91 Å². The average Bonchev–Trinajstić information content (AvgIpc) is 3.16. The maximum absolute atomic E-state index is 12.3. The lowest BCUT2D eigenvalue weighted by Crippen LogP contribution is -2.43. The molecule has 1 aliphatic heterocycles. The molecule has 0 aliphatic carbocycles. The van der Waals surface area contributed by atoms with Gasteiger partial charge in [-0.25, -0.2) is 4.79 Å². The number of rotatable bonds is 5. The molecule has 0 saturated carbocycles. The first-order chi connectivity index (χ1) is 12.2. The van der Waals surface area contributed by atoms with E-state index in [0.717, 1.165) is 17.5 Å². The molecule has 1 fully saturated rings. The van der Waals surface area contributed by atoms with Crippen molar-refractivity contribution in [3.63, 3.8) is 0 Å². The second-order valence-corrected chi connectivity index (χ2v) is 5.95. The topological polar surface area (TPSA) is 55.8 Å². The fourth-order valence-corrected chi connectivity index (χ4v) is 3.05. The standard InChI is InChI=1S/C20H21NO4/c1-24-20(23)18-8-5-13-21(18)19(22)14-25-17-11-9-16(10-12-17)15-6-3-2-4-7-15/h2-4,6-7,9-12,18H,5,8,13-14H2,1H3/t18-/m0/s1. The Labute approximate surface area is 147 Å². The van der Waals surface area contributed by atoms with Crippen molar-refractivity contribution in [1.29, 1.82) is 0 Å². The molecule has 0 unspecified atom stereocenters. The van der Waals surface area contributed by atoms with Gasteiger partial charge in [0.05, 0.1) is 7.11 Å². The molecule has 0 bridgehead atoms. The summed E-state index contributed by atoms with van der Waals surface area (Å²) in [4.78, 5) is 25.6. The molecule has 130 valence electrons.